The van der Waals surface area contributed by atoms with E-state index in [2.05, 4.69) is 17.0 Å². The van der Waals surface area contributed by atoms with Crippen LogP contribution in [0, 0.1) is 10.1 Å². The number of rotatable bonds is 3. The van der Waals surface area contributed by atoms with Crippen molar-refractivity contribution in [1.29, 1.82) is 0 Å². The topological polar surface area (TPSA) is 103 Å². The molecular weight excluding hydrogens is 326 g/mol. The Balaban J connectivity index is 2.09. The van der Waals surface area contributed by atoms with E-state index >= 15 is 0 Å². The molecule has 25 heavy (non-hydrogen) atoms. The molecule has 0 radical (unpaired) electrons. The smallest absolute Gasteiger partial charge is 0.407 e. The normalized spacial score (nSPS) is 18.6. The summed E-state index contributed by atoms with van der Waals surface area (Å²) in [5.74, 6) is 0.448. The Morgan fingerprint density at radius 2 is 2.20 bits per heavy atom. The first-order valence-electron chi connectivity index (χ1n) is 8.14. The Kier molecular flexibility index (Phi) is 5.34. The van der Waals surface area contributed by atoms with Crippen LogP contribution in [-0.2, 0) is 11.8 Å². The second kappa shape index (κ2) is 7.12. The summed E-state index contributed by atoms with van der Waals surface area (Å²) in [6, 6.07) is -0.125. The Morgan fingerprint density at radius 3 is 2.80 bits per heavy atom. The summed E-state index contributed by atoms with van der Waals surface area (Å²) in [6.45, 7) is 10.5. The summed E-state index contributed by atoms with van der Waals surface area (Å²) in [4.78, 5) is 24.6. The molecule has 0 saturated carbocycles. The lowest BCUT2D eigenvalue weighted by atomic mass is 10.1. The van der Waals surface area contributed by atoms with Crippen molar-refractivity contribution in [3.05, 3.63) is 28.5 Å². The molecule has 1 amide bonds. The van der Waals surface area contributed by atoms with E-state index in [1.807, 2.05) is 25.7 Å². The van der Waals surface area contributed by atoms with Gasteiger partial charge in [0.1, 0.15) is 11.8 Å². The number of nitrogens with one attached hydrogen (secondary N) is 1. The quantitative estimate of drug-likeness (QED) is 0.509. The fourth-order valence-corrected chi connectivity index (χ4v) is 2.87. The van der Waals surface area contributed by atoms with Gasteiger partial charge in [-0.1, -0.05) is 12.2 Å². The number of hydrogen-bond acceptors (Lipinski definition) is 6. The van der Waals surface area contributed by atoms with Crippen molar-refractivity contribution < 1.29 is 14.5 Å². The summed E-state index contributed by atoms with van der Waals surface area (Å²) in [7, 11) is 1.67. The van der Waals surface area contributed by atoms with E-state index in [0.717, 1.165) is 5.57 Å². The Hall–Kier alpha value is -2.58. The van der Waals surface area contributed by atoms with Crippen molar-refractivity contribution in [3.63, 3.8) is 0 Å². The number of amides is 1. The molecule has 0 unspecified atom stereocenters. The van der Waals surface area contributed by atoms with Crippen LogP contribution in [0.25, 0.3) is 0 Å². The number of anilines is 1. The van der Waals surface area contributed by atoms with Gasteiger partial charge in [0.15, 0.2) is 0 Å². The average molecular weight is 351 g/mol. The number of nitro groups is 1. The van der Waals surface area contributed by atoms with Gasteiger partial charge in [-0.15, -0.1) is 0 Å². The molecule has 2 heterocycles. The molecule has 138 valence electrons. The van der Waals surface area contributed by atoms with E-state index < -0.39 is 16.6 Å². The zero-order valence-corrected chi connectivity index (χ0v) is 15.1. The molecule has 9 heteroatoms. The zero-order valence-electron chi connectivity index (χ0n) is 15.1. The molecule has 1 fully saturated rings. The highest BCUT2D eigenvalue weighted by atomic mass is 16.6. The van der Waals surface area contributed by atoms with E-state index in [0.29, 0.717) is 31.7 Å². The molecule has 1 aromatic rings. The fourth-order valence-electron chi connectivity index (χ4n) is 2.87. The van der Waals surface area contributed by atoms with E-state index in [4.69, 9.17) is 4.74 Å². The lowest BCUT2D eigenvalue weighted by molar-refractivity contribution is -0.384. The predicted molar refractivity (Wildman–Crippen MR) is 93.6 cm³/mol. The third-order valence-corrected chi connectivity index (χ3v) is 3.80. The number of alkyl carbamates (subject to hydrolysis) is 1. The van der Waals surface area contributed by atoms with Crippen molar-refractivity contribution in [3.8, 4) is 0 Å². The Bertz CT molecular complexity index is 677. The van der Waals surface area contributed by atoms with Crippen LogP contribution in [0.5, 0.6) is 0 Å². The number of aryl methyl sites for hydroxylation is 1. The van der Waals surface area contributed by atoms with E-state index in [1.165, 1.54) is 10.9 Å². The van der Waals surface area contributed by atoms with Crippen molar-refractivity contribution in [2.24, 2.45) is 7.05 Å². The van der Waals surface area contributed by atoms with Crippen LogP contribution in [0.4, 0.5) is 16.3 Å². The lowest BCUT2D eigenvalue weighted by Crippen LogP contribution is -2.39. The third kappa shape index (κ3) is 4.94. The molecule has 2 rings (SSSR count). The zero-order chi connectivity index (χ0) is 18.8. The number of carbonyl (C=O) groups is 1. The van der Waals surface area contributed by atoms with Gasteiger partial charge in [-0.3, -0.25) is 10.1 Å². The second-order valence-corrected chi connectivity index (χ2v) is 7.24. The van der Waals surface area contributed by atoms with Crippen LogP contribution < -0.4 is 10.2 Å². The highest BCUT2D eigenvalue weighted by molar-refractivity contribution is 5.68. The maximum Gasteiger partial charge on any atom is 0.407 e. The lowest BCUT2D eigenvalue weighted by Gasteiger charge is -2.23. The molecule has 1 aliphatic rings. The first-order chi connectivity index (χ1) is 11.6. The Morgan fingerprint density at radius 1 is 1.52 bits per heavy atom. The van der Waals surface area contributed by atoms with Crippen LogP contribution >= 0.6 is 0 Å². The summed E-state index contributed by atoms with van der Waals surface area (Å²) in [6.07, 6.45) is 2.01. The summed E-state index contributed by atoms with van der Waals surface area (Å²) in [5.41, 5.74) is 0.288. The summed E-state index contributed by atoms with van der Waals surface area (Å²) < 4.78 is 6.78. The van der Waals surface area contributed by atoms with Gasteiger partial charge in [-0.05, 0) is 33.6 Å². The van der Waals surface area contributed by atoms with Gasteiger partial charge >= 0.3 is 11.8 Å². The molecule has 0 aromatic carbocycles. The molecule has 0 aliphatic carbocycles. The molecule has 1 aliphatic heterocycles. The van der Waals surface area contributed by atoms with Crippen LogP contribution in [0.2, 0.25) is 0 Å². The van der Waals surface area contributed by atoms with Crippen LogP contribution in [0.3, 0.4) is 0 Å². The first-order valence-corrected chi connectivity index (χ1v) is 8.14. The molecule has 9 nitrogen and oxygen atoms in total. The maximum absolute atomic E-state index is 12.0. The van der Waals surface area contributed by atoms with Crippen LogP contribution in [0.1, 0.15) is 33.6 Å². The van der Waals surface area contributed by atoms with Gasteiger partial charge < -0.3 is 15.0 Å². The number of nitrogens with zero attached hydrogens (tertiary/aromatic N) is 4. The van der Waals surface area contributed by atoms with E-state index in [1.54, 1.807) is 7.05 Å². The molecule has 1 aromatic heterocycles. The van der Waals surface area contributed by atoms with E-state index in [9.17, 15) is 14.9 Å². The third-order valence-electron chi connectivity index (χ3n) is 3.80. The fraction of sp³-hybridized carbons (Fsp3) is 0.625. The summed E-state index contributed by atoms with van der Waals surface area (Å²) >= 11 is 0. The second-order valence-electron chi connectivity index (χ2n) is 7.24. The first kappa shape index (κ1) is 18.8. The van der Waals surface area contributed by atoms with Crippen LogP contribution in [0.15, 0.2) is 18.3 Å². The minimum absolute atomic E-state index is 0.0335. The molecule has 1 atom stereocenters. The maximum atomic E-state index is 12.0. The minimum Gasteiger partial charge on any atom is -0.444 e. The van der Waals surface area contributed by atoms with Crippen molar-refractivity contribution >= 4 is 17.6 Å². The van der Waals surface area contributed by atoms with Gasteiger partial charge in [-0.25, -0.2) is 9.48 Å². The molecule has 1 saturated heterocycles. The van der Waals surface area contributed by atoms with Gasteiger partial charge in [0.25, 0.3) is 0 Å². The Labute approximate surface area is 146 Å². The molecule has 1 N–H and O–H groups in total. The highest BCUT2D eigenvalue weighted by Gasteiger charge is 2.29. The van der Waals surface area contributed by atoms with Gasteiger partial charge in [-0.2, -0.15) is 5.10 Å². The van der Waals surface area contributed by atoms with Crippen molar-refractivity contribution in [1.82, 2.24) is 15.1 Å². The van der Waals surface area contributed by atoms with Crippen molar-refractivity contribution in [2.75, 3.05) is 18.0 Å². The average Bonchev–Trinajstić information content (AvgIpc) is 2.73. The van der Waals surface area contributed by atoms with Gasteiger partial charge in [0.2, 0.25) is 5.82 Å². The number of ether oxygens (including phenoxy) is 1. The SMILES string of the molecule is C=C1C[C@@H](NC(=O)OC(C)(C)C)CCN(c2c([N+](=O)[O-])cnn2C)C1. The predicted octanol–water partition coefficient (Wildman–Crippen LogP) is 2.38. The van der Waals surface area contributed by atoms with Gasteiger partial charge in [0, 0.05) is 26.2 Å². The number of hydrogen-bond donors (Lipinski definition) is 1. The molecule has 0 spiro atoms. The largest absolute Gasteiger partial charge is 0.444 e. The monoisotopic (exact) mass is 351 g/mol. The van der Waals surface area contributed by atoms with E-state index in [-0.39, 0.29) is 11.7 Å². The minimum atomic E-state index is -0.562. The van der Waals surface area contributed by atoms with Crippen LogP contribution in [-0.4, -0.2) is 45.5 Å². The highest BCUT2D eigenvalue weighted by Crippen LogP contribution is 2.30. The molecular formula is C16H25N5O4. The number of aromatic nitrogens is 2. The van der Waals surface area contributed by atoms with Crippen molar-refractivity contribution in [2.45, 2.75) is 45.3 Å². The van der Waals surface area contributed by atoms with Gasteiger partial charge in [0.05, 0.1) is 4.92 Å². The standard InChI is InChI=1S/C16H25N5O4/c1-11-8-12(18-15(22)25-16(2,3)4)6-7-20(10-11)14-13(21(23)24)9-17-19(14)5/h9,12H,1,6-8,10H2,2-5H3,(H,18,22)/t12-/m0/s1. The number of carbonyl (C=O) groups excluding carboxylic acids is 1. The summed E-state index contributed by atoms with van der Waals surface area (Å²) in [5, 5.41) is 18.1. The molecule has 0 bridgehead atoms.